The van der Waals surface area contributed by atoms with Crippen molar-refractivity contribution in [3.8, 4) is 11.5 Å². The molecule has 1 unspecified atom stereocenters. The highest BCUT2D eigenvalue weighted by Gasteiger charge is 2.82. The zero-order chi connectivity index (χ0) is 23.1. The Hall–Kier alpha value is -1.01. The third-order valence-electron chi connectivity index (χ3n) is 12.3. The Balaban J connectivity index is 0.00000210. The minimum Gasteiger partial charge on any atom is -0.504 e. The third-order valence-corrected chi connectivity index (χ3v) is 12.3. The second kappa shape index (κ2) is 7.09. The first kappa shape index (κ1) is 23.1. The number of likely N-dealkylation sites (tertiary alicyclic amines) is 1. The third kappa shape index (κ3) is 2.48. The number of fused-ring (bicyclic) bond motifs is 2. The maximum Gasteiger partial charge on any atom is 0.165 e. The monoisotopic (exact) mass is 501 g/mol. The Bertz CT molecular complexity index is 1070. The molecular formula is C29H40ClNO4. The van der Waals surface area contributed by atoms with E-state index in [0.717, 1.165) is 63.2 Å². The molecule has 5 saturated carbocycles. The molecule has 6 heteroatoms. The lowest BCUT2D eigenvalue weighted by Gasteiger charge is -2.75. The number of methoxy groups -OCH3 is 1. The molecule has 5 nitrogen and oxygen atoms in total. The standard InChI is InChI=1S/C29H39NO4.ClH/c1-26(32,19-7-8-19)21-15-27-10-11-29(21,33-2)25-28(27)12-13-30(16-17-4-3-5-17)22(27)14-18-6-9-20(31)24(34-25)23(18)28;/h6,9,17,19,21-22,25,31-32H,3-5,7-8,10-16H2,1-2H3;1H/t21-,22?,25-,26+,27-,28+,29-;/m1./s1. The average molecular weight is 502 g/mol. The van der Waals surface area contributed by atoms with Crippen molar-refractivity contribution in [3.63, 3.8) is 0 Å². The molecule has 1 aromatic rings. The number of phenolic OH excluding ortho intramolecular Hbond substituents is 1. The second-order valence-corrected chi connectivity index (χ2v) is 13.3. The number of nitrogens with zero attached hydrogens (tertiary/aromatic N) is 1. The molecule has 2 spiro atoms. The number of aromatic hydroxyl groups is 1. The lowest BCUT2D eigenvalue weighted by molar-refractivity contribution is -0.305. The van der Waals surface area contributed by atoms with Gasteiger partial charge in [-0.2, -0.15) is 0 Å². The minimum absolute atomic E-state index is 0. The van der Waals surface area contributed by atoms with Crippen LogP contribution >= 0.6 is 12.4 Å². The van der Waals surface area contributed by atoms with Gasteiger partial charge in [0.15, 0.2) is 11.5 Å². The Labute approximate surface area is 215 Å². The first-order chi connectivity index (χ1) is 16.4. The van der Waals surface area contributed by atoms with Crippen LogP contribution in [0.25, 0.3) is 0 Å². The van der Waals surface area contributed by atoms with Crippen molar-refractivity contribution in [3.05, 3.63) is 23.3 Å². The molecule has 7 atom stereocenters. The molecule has 9 rings (SSSR count). The lowest BCUT2D eigenvalue weighted by Crippen LogP contribution is -2.82. The van der Waals surface area contributed by atoms with E-state index in [1.165, 1.54) is 36.9 Å². The van der Waals surface area contributed by atoms with Crippen LogP contribution in [0.5, 0.6) is 11.5 Å². The summed E-state index contributed by atoms with van der Waals surface area (Å²) < 4.78 is 13.5. The first-order valence-electron chi connectivity index (χ1n) is 13.9. The predicted octanol–water partition coefficient (Wildman–Crippen LogP) is 4.59. The summed E-state index contributed by atoms with van der Waals surface area (Å²) in [6.45, 7) is 4.43. The summed E-state index contributed by atoms with van der Waals surface area (Å²) in [5.41, 5.74) is 1.42. The molecule has 2 heterocycles. The van der Waals surface area contributed by atoms with Crippen molar-refractivity contribution in [1.82, 2.24) is 4.90 Å². The van der Waals surface area contributed by atoms with Gasteiger partial charge in [0.2, 0.25) is 0 Å². The van der Waals surface area contributed by atoms with Crippen molar-refractivity contribution in [2.45, 2.75) is 99.9 Å². The highest BCUT2D eigenvalue weighted by molar-refractivity contribution is 5.85. The van der Waals surface area contributed by atoms with Gasteiger partial charge in [-0.25, -0.2) is 0 Å². The van der Waals surface area contributed by atoms with Gasteiger partial charge in [0.1, 0.15) is 11.7 Å². The number of hydrogen-bond donors (Lipinski definition) is 2. The summed E-state index contributed by atoms with van der Waals surface area (Å²) >= 11 is 0. The highest BCUT2D eigenvalue weighted by Crippen LogP contribution is 2.78. The number of ether oxygens (including phenoxy) is 2. The van der Waals surface area contributed by atoms with Gasteiger partial charge in [-0.3, -0.25) is 4.90 Å². The van der Waals surface area contributed by atoms with E-state index >= 15 is 0 Å². The molecule has 4 bridgehead atoms. The van der Waals surface area contributed by atoms with Crippen LogP contribution in [0.2, 0.25) is 0 Å². The normalized spacial score (nSPS) is 44.6. The van der Waals surface area contributed by atoms with E-state index in [-0.39, 0.29) is 41.0 Å². The van der Waals surface area contributed by atoms with Gasteiger partial charge in [-0.1, -0.05) is 12.5 Å². The number of phenols is 1. The van der Waals surface area contributed by atoms with Crippen LogP contribution < -0.4 is 4.74 Å². The zero-order valence-corrected chi connectivity index (χ0v) is 21.9. The average Bonchev–Trinajstić information content (AvgIpc) is 3.60. The summed E-state index contributed by atoms with van der Waals surface area (Å²) in [5, 5.41) is 23.0. The predicted molar refractivity (Wildman–Crippen MR) is 135 cm³/mol. The van der Waals surface area contributed by atoms with Crippen LogP contribution in [-0.2, 0) is 16.6 Å². The van der Waals surface area contributed by atoms with E-state index in [2.05, 4.69) is 17.9 Å². The van der Waals surface area contributed by atoms with E-state index in [9.17, 15) is 10.2 Å². The van der Waals surface area contributed by atoms with E-state index in [4.69, 9.17) is 9.47 Å². The maximum atomic E-state index is 12.0. The molecule has 2 N–H and O–H groups in total. The maximum absolute atomic E-state index is 12.0. The molecule has 1 saturated heterocycles. The molecule has 0 radical (unpaired) electrons. The van der Waals surface area contributed by atoms with Gasteiger partial charge in [0.05, 0.1) is 5.60 Å². The molecule has 1 aromatic carbocycles. The van der Waals surface area contributed by atoms with Gasteiger partial charge >= 0.3 is 0 Å². The topological polar surface area (TPSA) is 62.2 Å². The number of aliphatic hydroxyl groups is 1. The minimum atomic E-state index is -0.738. The summed E-state index contributed by atoms with van der Waals surface area (Å²) in [4.78, 5) is 2.86. The van der Waals surface area contributed by atoms with Gasteiger partial charge in [-0.15, -0.1) is 12.4 Å². The molecule has 8 aliphatic rings. The van der Waals surface area contributed by atoms with Crippen LogP contribution in [0, 0.1) is 23.2 Å². The van der Waals surface area contributed by atoms with Crippen molar-refractivity contribution in [1.29, 1.82) is 0 Å². The molecule has 6 fully saturated rings. The largest absolute Gasteiger partial charge is 0.504 e. The lowest BCUT2D eigenvalue weighted by atomic mass is 9.33. The number of hydrogen-bond acceptors (Lipinski definition) is 5. The summed E-state index contributed by atoms with van der Waals surface area (Å²) in [6.07, 6.45) is 11.5. The van der Waals surface area contributed by atoms with Crippen LogP contribution in [0.15, 0.2) is 12.1 Å². The number of piperidine rings is 1. The van der Waals surface area contributed by atoms with Crippen molar-refractivity contribution >= 4 is 12.4 Å². The van der Waals surface area contributed by atoms with E-state index < -0.39 is 11.2 Å². The summed E-state index contributed by atoms with van der Waals surface area (Å²) in [7, 11) is 1.85. The second-order valence-electron chi connectivity index (χ2n) is 13.3. The Kier molecular flexibility index (Phi) is 4.69. The number of benzene rings is 1. The molecule has 192 valence electrons. The molecule has 35 heavy (non-hydrogen) atoms. The number of rotatable bonds is 5. The Morgan fingerprint density at radius 1 is 1.17 bits per heavy atom. The summed E-state index contributed by atoms with van der Waals surface area (Å²) in [6, 6.07) is 4.52. The quantitative estimate of drug-likeness (QED) is 0.618. The van der Waals surface area contributed by atoms with Gasteiger partial charge < -0.3 is 19.7 Å². The van der Waals surface area contributed by atoms with Crippen LogP contribution in [0.1, 0.15) is 75.8 Å². The van der Waals surface area contributed by atoms with Gasteiger partial charge in [-0.05, 0) is 94.7 Å². The molecular weight excluding hydrogens is 462 g/mol. The van der Waals surface area contributed by atoms with Crippen molar-refractivity contribution in [2.75, 3.05) is 20.2 Å². The molecule has 0 amide bonds. The van der Waals surface area contributed by atoms with Crippen molar-refractivity contribution < 1.29 is 19.7 Å². The Morgan fingerprint density at radius 3 is 2.66 bits per heavy atom. The fourth-order valence-corrected chi connectivity index (χ4v) is 10.4. The fourth-order valence-electron chi connectivity index (χ4n) is 10.4. The molecule has 6 aliphatic carbocycles. The van der Waals surface area contributed by atoms with Crippen LogP contribution in [0.3, 0.4) is 0 Å². The zero-order valence-electron chi connectivity index (χ0n) is 21.1. The van der Waals surface area contributed by atoms with Crippen LogP contribution in [0.4, 0.5) is 0 Å². The SMILES string of the molecule is CO[C@]12CC[C@@]3(C[C@@H]1[C@@](C)(O)C1CC1)C1Cc4ccc(O)c5c4[C@@]3(CCN1CC1CCC1)[C@H]2O5.Cl. The molecule has 2 aliphatic heterocycles. The fraction of sp³-hybridized carbons (Fsp3) is 0.793. The smallest absolute Gasteiger partial charge is 0.165 e. The van der Waals surface area contributed by atoms with Crippen LogP contribution in [-0.4, -0.2) is 58.7 Å². The van der Waals surface area contributed by atoms with E-state index in [1.54, 1.807) is 0 Å². The van der Waals surface area contributed by atoms with E-state index in [0.29, 0.717) is 12.0 Å². The van der Waals surface area contributed by atoms with Gasteiger partial charge in [0, 0.05) is 42.0 Å². The van der Waals surface area contributed by atoms with Gasteiger partial charge in [0.25, 0.3) is 0 Å². The van der Waals surface area contributed by atoms with Crippen molar-refractivity contribution in [2.24, 2.45) is 23.2 Å². The Morgan fingerprint density at radius 2 is 1.97 bits per heavy atom. The summed E-state index contributed by atoms with van der Waals surface area (Å²) in [5.74, 6) is 2.30. The molecule has 0 aromatic heterocycles. The van der Waals surface area contributed by atoms with E-state index in [1.807, 2.05) is 13.2 Å². The number of halogens is 1. The highest BCUT2D eigenvalue weighted by atomic mass is 35.5. The first-order valence-corrected chi connectivity index (χ1v) is 13.9.